The van der Waals surface area contributed by atoms with Gasteiger partial charge in [0, 0.05) is 12.8 Å². The van der Waals surface area contributed by atoms with Gasteiger partial charge in [0.2, 0.25) is 0 Å². The molecule has 0 spiro atoms. The van der Waals surface area contributed by atoms with Gasteiger partial charge >= 0.3 is 11.9 Å². The van der Waals surface area contributed by atoms with Crippen LogP contribution in [0.3, 0.4) is 0 Å². The van der Waals surface area contributed by atoms with Crippen LogP contribution in [0.2, 0.25) is 0 Å². The number of carbonyl (C=O) groups is 2. The highest BCUT2D eigenvalue weighted by molar-refractivity contribution is 5.69. The molecule has 0 aromatic heterocycles. The van der Waals surface area contributed by atoms with Gasteiger partial charge in [-0.3, -0.25) is 9.59 Å². The molecular weight excluding hydrogens is 376 g/mol. The summed E-state index contributed by atoms with van der Waals surface area (Å²) >= 11 is 0. The van der Waals surface area contributed by atoms with E-state index in [2.05, 4.69) is 27.7 Å². The lowest BCUT2D eigenvalue weighted by molar-refractivity contribution is -0.145. The van der Waals surface area contributed by atoms with Gasteiger partial charge in [-0.1, -0.05) is 85.5 Å². The first-order valence-corrected chi connectivity index (χ1v) is 12.8. The van der Waals surface area contributed by atoms with Crippen LogP contribution in [0.5, 0.6) is 0 Å². The van der Waals surface area contributed by atoms with Crippen LogP contribution in [0.15, 0.2) is 0 Å². The van der Waals surface area contributed by atoms with Crippen LogP contribution in [-0.2, 0) is 14.3 Å². The minimum absolute atomic E-state index is 0.0539. The molecule has 3 unspecified atom stereocenters. The van der Waals surface area contributed by atoms with Crippen LogP contribution in [0.25, 0.3) is 0 Å². The zero-order valence-electron chi connectivity index (χ0n) is 20.4. The van der Waals surface area contributed by atoms with Gasteiger partial charge in [-0.2, -0.15) is 0 Å². The first-order chi connectivity index (χ1) is 14.5. The van der Waals surface area contributed by atoms with Crippen LogP contribution >= 0.6 is 0 Å². The fraction of sp³-hybridized carbons (Fsp3) is 0.923. The van der Waals surface area contributed by atoms with E-state index in [1.165, 1.54) is 44.9 Å². The number of esters is 1. The zero-order chi connectivity index (χ0) is 22.6. The van der Waals surface area contributed by atoms with E-state index in [0.717, 1.165) is 50.9 Å². The van der Waals surface area contributed by atoms with Crippen LogP contribution in [0.4, 0.5) is 0 Å². The number of carboxylic acid groups (broad SMARTS) is 1. The van der Waals surface area contributed by atoms with Gasteiger partial charge in [0.05, 0.1) is 6.61 Å². The molecule has 4 heteroatoms. The number of unbranched alkanes of at least 4 members (excludes halogenated alkanes) is 3. The van der Waals surface area contributed by atoms with Gasteiger partial charge < -0.3 is 9.84 Å². The Morgan fingerprint density at radius 3 is 1.83 bits per heavy atom. The van der Waals surface area contributed by atoms with E-state index in [1.54, 1.807) is 0 Å². The second-order valence-corrected chi connectivity index (χ2v) is 9.15. The molecular formula is C26H50O4. The van der Waals surface area contributed by atoms with Gasteiger partial charge in [-0.15, -0.1) is 0 Å². The second kappa shape index (κ2) is 19.9. The highest BCUT2D eigenvalue weighted by Gasteiger charge is 2.16. The quantitative estimate of drug-likeness (QED) is 0.150. The number of ether oxygens (including phenoxy) is 1. The maximum absolute atomic E-state index is 12.1. The predicted molar refractivity (Wildman–Crippen MR) is 126 cm³/mol. The summed E-state index contributed by atoms with van der Waals surface area (Å²) in [7, 11) is 0. The summed E-state index contributed by atoms with van der Waals surface area (Å²) in [5.74, 6) is 1.08. The van der Waals surface area contributed by atoms with Crippen LogP contribution in [-0.4, -0.2) is 23.7 Å². The van der Waals surface area contributed by atoms with E-state index in [1.807, 2.05) is 0 Å². The van der Waals surface area contributed by atoms with Crippen molar-refractivity contribution in [2.24, 2.45) is 17.8 Å². The number of carboxylic acids is 1. The average Bonchev–Trinajstić information content (AvgIpc) is 2.73. The van der Waals surface area contributed by atoms with Gasteiger partial charge in [0.25, 0.3) is 0 Å². The number of rotatable bonds is 21. The number of hydrogen-bond acceptors (Lipinski definition) is 3. The number of carbonyl (C=O) groups excluding carboxylic acids is 1. The maximum Gasteiger partial charge on any atom is 0.305 e. The Bertz CT molecular complexity index is 421. The Labute approximate surface area is 186 Å². The standard InChI is InChI=1S/C26H50O4/c1-5-9-14-22(7-3)20-24(17-13-18-25(27)28)16-11-12-19-26(29)30-21-23(8-4)15-10-6-2/h22-24H,5-21H2,1-4H3,(H,27,28). The number of aliphatic carboxylic acids is 1. The lowest BCUT2D eigenvalue weighted by atomic mass is 9.83. The molecule has 0 aromatic rings. The van der Waals surface area contributed by atoms with Crippen molar-refractivity contribution in [1.82, 2.24) is 0 Å². The summed E-state index contributed by atoms with van der Waals surface area (Å²) in [6, 6.07) is 0. The van der Waals surface area contributed by atoms with Crippen LogP contribution in [0, 0.1) is 17.8 Å². The summed E-state index contributed by atoms with van der Waals surface area (Å²) in [4.78, 5) is 23.0. The summed E-state index contributed by atoms with van der Waals surface area (Å²) in [5, 5.41) is 8.95. The Kier molecular flexibility index (Phi) is 19.2. The Morgan fingerprint density at radius 1 is 0.700 bits per heavy atom. The first kappa shape index (κ1) is 28.9. The van der Waals surface area contributed by atoms with Crippen molar-refractivity contribution in [2.45, 2.75) is 130 Å². The summed E-state index contributed by atoms with van der Waals surface area (Å²) in [5.41, 5.74) is 0. The highest BCUT2D eigenvalue weighted by Crippen LogP contribution is 2.28. The van der Waals surface area contributed by atoms with Gasteiger partial charge in [0.15, 0.2) is 0 Å². The average molecular weight is 427 g/mol. The normalized spacial score (nSPS) is 14.3. The molecule has 0 aliphatic carbocycles. The fourth-order valence-corrected chi connectivity index (χ4v) is 4.26. The summed E-state index contributed by atoms with van der Waals surface area (Å²) < 4.78 is 5.51. The highest BCUT2D eigenvalue weighted by atomic mass is 16.5. The Hall–Kier alpha value is -1.06. The van der Waals surface area contributed by atoms with Gasteiger partial charge in [0.1, 0.15) is 0 Å². The van der Waals surface area contributed by atoms with Crippen molar-refractivity contribution in [3.63, 3.8) is 0 Å². The minimum Gasteiger partial charge on any atom is -0.481 e. The molecule has 30 heavy (non-hydrogen) atoms. The molecule has 0 heterocycles. The van der Waals surface area contributed by atoms with Crippen LogP contribution in [0.1, 0.15) is 130 Å². The molecule has 0 aliphatic rings. The molecule has 178 valence electrons. The number of hydrogen-bond donors (Lipinski definition) is 1. The lowest BCUT2D eigenvalue weighted by Crippen LogP contribution is -2.14. The largest absolute Gasteiger partial charge is 0.481 e. The van der Waals surface area contributed by atoms with Gasteiger partial charge in [-0.25, -0.2) is 0 Å². The van der Waals surface area contributed by atoms with E-state index < -0.39 is 5.97 Å². The second-order valence-electron chi connectivity index (χ2n) is 9.15. The van der Waals surface area contributed by atoms with Gasteiger partial charge in [-0.05, 0) is 49.9 Å². The summed E-state index contributed by atoms with van der Waals surface area (Å²) in [6.07, 6.45) is 16.4. The summed E-state index contributed by atoms with van der Waals surface area (Å²) in [6.45, 7) is 9.45. The molecule has 0 rings (SSSR count). The van der Waals surface area contributed by atoms with Crippen molar-refractivity contribution in [3.8, 4) is 0 Å². The minimum atomic E-state index is -0.696. The SMILES string of the molecule is CCCCC(CC)COC(=O)CCCCC(CCCC(=O)O)CC(CC)CCCC. The molecule has 0 aliphatic heterocycles. The van der Waals surface area contributed by atoms with Crippen LogP contribution < -0.4 is 0 Å². The van der Waals surface area contributed by atoms with Crippen molar-refractivity contribution in [2.75, 3.05) is 6.61 Å². The third-order valence-corrected chi connectivity index (χ3v) is 6.48. The third-order valence-electron chi connectivity index (χ3n) is 6.48. The molecule has 0 fully saturated rings. The molecule has 0 saturated heterocycles. The van der Waals surface area contributed by atoms with E-state index in [0.29, 0.717) is 24.9 Å². The zero-order valence-corrected chi connectivity index (χ0v) is 20.4. The molecule has 1 N–H and O–H groups in total. The van der Waals surface area contributed by atoms with E-state index >= 15 is 0 Å². The molecule has 0 aromatic carbocycles. The maximum atomic E-state index is 12.1. The smallest absolute Gasteiger partial charge is 0.305 e. The van der Waals surface area contributed by atoms with E-state index in [4.69, 9.17) is 9.84 Å². The topological polar surface area (TPSA) is 63.6 Å². The molecule has 0 bridgehead atoms. The predicted octanol–water partition coefficient (Wildman–Crippen LogP) is 7.78. The molecule has 0 radical (unpaired) electrons. The van der Waals surface area contributed by atoms with E-state index in [9.17, 15) is 9.59 Å². The first-order valence-electron chi connectivity index (χ1n) is 12.8. The van der Waals surface area contributed by atoms with Crippen molar-refractivity contribution < 1.29 is 19.4 Å². The van der Waals surface area contributed by atoms with E-state index in [-0.39, 0.29) is 12.4 Å². The Balaban J connectivity index is 4.27. The van der Waals surface area contributed by atoms with Crippen molar-refractivity contribution >= 4 is 11.9 Å². The molecule has 3 atom stereocenters. The Morgan fingerprint density at radius 2 is 1.27 bits per heavy atom. The monoisotopic (exact) mass is 426 g/mol. The molecule has 0 amide bonds. The van der Waals surface area contributed by atoms with Crippen molar-refractivity contribution in [3.05, 3.63) is 0 Å². The van der Waals surface area contributed by atoms with Crippen molar-refractivity contribution in [1.29, 1.82) is 0 Å². The molecule has 4 nitrogen and oxygen atoms in total. The fourth-order valence-electron chi connectivity index (χ4n) is 4.26. The third kappa shape index (κ3) is 16.7. The lowest BCUT2D eigenvalue weighted by Gasteiger charge is -2.23. The molecule has 0 saturated carbocycles.